The van der Waals surface area contributed by atoms with Crippen LogP contribution in [-0.2, 0) is 0 Å². The maximum atomic E-state index is 3.55. The van der Waals surface area contributed by atoms with Crippen LogP contribution in [0.25, 0.3) is 0 Å². The van der Waals surface area contributed by atoms with Gasteiger partial charge in [0.25, 0.3) is 0 Å². The van der Waals surface area contributed by atoms with Crippen molar-refractivity contribution in [3.8, 4) is 0 Å². The molecule has 9 aliphatic rings. The van der Waals surface area contributed by atoms with Crippen LogP contribution in [0.3, 0.4) is 0 Å². The van der Waals surface area contributed by atoms with E-state index in [1.807, 2.05) is 5.57 Å². The molecule has 4 saturated carbocycles. The first kappa shape index (κ1) is 18.7. The van der Waals surface area contributed by atoms with Crippen LogP contribution in [0.1, 0.15) is 77.0 Å². The van der Waals surface area contributed by atoms with Gasteiger partial charge in [0, 0.05) is 35.6 Å². The van der Waals surface area contributed by atoms with Gasteiger partial charge in [-0.15, -0.1) is 0 Å². The van der Waals surface area contributed by atoms with E-state index in [4.69, 9.17) is 0 Å². The molecular formula is C30H38N2. The Morgan fingerprint density at radius 1 is 0.969 bits per heavy atom. The smallest absolute Gasteiger partial charge is 0.0588 e. The first-order valence-corrected chi connectivity index (χ1v) is 13.8. The van der Waals surface area contributed by atoms with Crippen molar-refractivity contribution >= 4 is 0 Å². The summed E-state index contributed by atoms with van der Waals surface area (Å²) >= 11 is 0. The average molecular weight is 427 g/mol. The second kappa shape index (κ2) is 6.67. The molecule has 9 rings (SSSR count). The third-order valence-corrected chi connectivity index (χ3v) is 10.8. The summed E-state index contributed by atoms with van der Waals surface area (Å²) in [6.07, 6.45) is 29.8. The fourth-order valence-corrected chi connectivity index (χ4v) is 10.3. The van der Waals surface area contributed by atoms with Gasteiger partial charge in [-0.25, -0.2) is 0 Å². The molecule has 32 heavy (non-hydrogen) atoms. The summed E-state index contributed by atoms with van der Waals surface area (Å²) in [4.78, 5) is 2.86. The second-order valence-electron chi connectivity index (χ2n) is 12.7. The minimum atomic E-state index is 0.573. The fourth-order valence-electron chi connectivity index (χ4n) is 10.3. The first-order chi connectivity index (χ1) is 15.8. The quantitative estimate of drug-likeness (QED) is 0.534. The lowest BCUT2D eigenvalue weighted by atomic mass is 9.47. The predicted octanol–water partition coefficient (Wildman–Crippen LogP) is 6.61. The molecule has 3 atom stereocenters. The van der Waals surface area contributed by atoms with Crippen LogP contribution >= 0.6 is 0 Å². The highest BCUT2D eigenvalue weighted by molar-refractivity contribution is 5.54. The van der Waals surface area contributed by atoms with Crippen LogP contribution in [0.4, 0.5) is 0 Å². The van der Waals surface area contributed by atoms with Gasteiger partial charge in [-0.1, -0.05) is 18.2 Å². The van der Waals surface area contributed by atoms with Crippen LogP contribution in [-0.4, -0.2) is 17.5 Å². The molecule has 2 nitrogen and oxygen atoms in total. The third-order valence-electron chi connectivity index (χ3n) is 10.8. The highest BCUT2D eigenvalue weighted by atomic mass is 15.2. The Bertz CT molecular complexity index is 969. The van der Waals surface area contributed by atoms with Crippen LogP contribution in [0.5, 0.6) is 0 Å². The van der Waals surface area contributed by atoms with E-state index in [0.717, 1.165) is 30.2 Å². The zero-order valence-corrected chi connectivity index (χ0v) is 19.5. The molecule has 0 aromatic rings. The Balaban J connectivity index is 1.21. The van der Waals surface area contributed by atoms with E-state index in [0.29, 0.717) is 17.4 Å². The number of allylic oxidation sites excluding steroid dienone is 5. The molecule has 2 heteroatoms. The van der Waals surface area contributed by atoms with E-state index >= 15 is 0 Å². The molecule has 0 amide bonds. The summed E-state index contributed by atoms with van der Waals surface area (Å²) in [5, 5.41) is 3.55. The van der Waals surface area contributed by atoms with Gasteiger partial charge in [0.15, 0.2) is 0 Å². The van der Waals surface area contributed by atoms with E-state index in [-0.39, 0.29) is 0 Å². The summed E-state index contributed by atoms with van der Waals surface area (Å²) in [7, 11) is 0. The third kappa shape index (κ3) is 2.59. The van der Waals surface area contributed by atoms with E-state index in [2.05, 4.69) is 40.7 Å². The summed E-state index contributed by atoms with van der Waals surface area (Å²) < 4.78 is 0. The minimum absolute atomic E-state index is 0.573. The fraction of sp³-hybridized carbons (Fsp3) is 0.667. The molecule has 6 aliphatic carbocycles. The number of hydrogen-bond acceptors (Lipinski definition) is 2. The van der Waals surface area contributed by atoms with Gasteiger partial charge in [0.1, 0.15) is 0 Å². The van der Waals surface area contributed by atoms with Crippen LogP contribution in [0.15, 0.2) is 58.6 Å². The summed E-state index contributed by atoms with van der Waals surface area (Å²) in [6, 6.07) is 0.573. The van der Waals surface area contributed by atoms with Crippen molar-refractivity contribution in [1.29, 1.82) is 0 Å². The van der Waals surface area contributed by atoms with Crippen LogP contribution in [0, 0.1) is 35.0 Å². The lowest BCUT2D eigenvalue weighted by Gasteiger charge is -2.58. The Kier molecular flexibility index (Phi) is 3.90. The van der Waals surface area contributed by atoms with Crippen molar-refractivity contribution in [3.05, 3.63) is 58.6 Å². The van der Waals surface area contributed by atoms with Crippen molar-refractivity contribution in [2.24, 2.45) is 35.0 Å². The standard InChI is InChI=1S/C30H38N2/c1-2-4-27-22(3-1)5-7-24-23(17-30-14-19-11-20(15-30)13-21(12-19)16-30)6-8-25-26-18-31-10-9-28(26)32(27)29(24)25/h1,3,5,9,18-21,23,25,27,31H,2,4,6-8,10-17H2. The molecule has 3 aliphatic heterocycles. The topological polar surface area (TPSA) is 15.3 Å². The number of nitrogens with zero attached hydrogens (tertiary/aromatic N) is 1. The van der Waals surface area contributed by atoms with Gasteiger partial charge in [-0.05, 0) is 123 Å². The van der Waals surface area contributed by atoms with E-state index in [1.54, 1.807) is 61.1 Å². The largest absolute Gasteiger partial charge is 0.387 e. The maximum absolute atomic E-state index is 3.55. The van der Waals surface area contributed by atoms with Crippen molar-refractivity contribution in [3.63, 3.8) is 0 Å². The molecule has 0 spiro atoms. The zero-order valence-electron chi connectivity index (χ0n) is 19.5. The number of fused-ring (bicyclic) bond motifs is 5. The molecule has 1 N–H and O–H groups in total. The zero-order chi connectivity index (χ0) is 20.9. The molecule has 0 radical (unpaired) electrons. The first-order valence-electron chi connectivity index (χ1n) is 13.8. The van der Waals surface area contributed by atoms with Gasteiger partial charge >= 0.3 is 0 Å². The highest BCUT2D eigenvalue weighted by Gasteiger charge is 2.53. The van der Waals surface area contributed by atoms with Crippen LogP contribution < -0.4 is 5.32 Å². The minimum Gasteiger partial charge on any atom is -0.387 e. The summed E-state index contributed by atoms with van der Waals surface area (Å²) in [5.41, 5.74) is 9.07. The second-order valence-corrected chi connectivity index (χ2v) is 12.7. The van der Waals surface area contributed by atoms with Crippen molar-refractivity contribution < 1.29 is 0 Å². The molecule has 0 aromatic carbocycles. The Morgan fingerprint density at radius 2 is 1.78 bits per heavy atom. The molecule has 3 heterocycles. The number of dihydropyridines is 1. The Hall–Kier alpha value is -1.70. The van der Waals surface area contributed by atoms with Crippen LogP contribution in [0.2, 0.25) is 0 Å². The molecular weight excluding hydrogens is 388 g/mol. The molecule has 4 bridgehead atoms. The Labute approximate surface area is 193 Å². The van der Waals surface area contributed by atoms with E-state index in [9.17, 15) is 0 Å². The predicted molar refractivity (Wildman–Crippen MR) is 129 cm³/mol. The molecule has 1 saturated heterocycles. The normalized spacial score (nSPS) is 45.4. The molecule has 0 aromatic heterocycles. The molecule has 3 unspecified atom stereocenters. The van der Waals surface area contributed by atoms with E-state index < -0.39 is 0 Å². The van der Waals surface area contributed by atoms with E-state index in [1.165, 1.54) is 38.5 Å². The lowest BCUT2D eigenvalue weighted by Crippen LogP contribution is -2.47. The number of hydrogen-bond donors (Lipinski definition) is 1. The van der Waals surface area contributed by atoms with Gasteiger partial charge in [0.2, 0.25) is 0 Å². The summed E-state index contributed by atoms with van der Waals surface area (Å²) in [5.74, 6) is 4.70. The van der Waals surface area contributed by atoms with Gasteiger partial charge in [0.05, 0.1) is 6.04 Å². The summed E-state index contributed by atoms with van der Waals surface area (Å²) in [6.45, 7) is 0.989. The lowest BCUT2D eigenvalue weighted by molar-refractivity contribution is -0.0644. The van der Waals surface area contributed by atoms with Crippen molar-refractivity contribution in [2.45, 2.75) is 83.1 Å². The van der Waals surface area contributed by atoms with Gasteiger partial charge in [-0.2, -0.15) is 0 Å². The maximum Gasteiger partial charge on any atom is 0.0588 e. The highest BCUT2D eigenvalue weighted by Crippen LogP contribution is 2.64. The Morgan fingerprint density at radius 3 is 2.59 bits per heavy atom. The number of rotatable bonds is 2. The van der Waals surface area contributed by atoms with Crippen molar-refractivity contribution in [1.82, 2.24) is 10.2 Å². The van der Waals surface area contributed by atoms with Gasteiger partial charge < -0.3 is 10.2 Å². The number of nitrogens with one attached hydrogen (secondary N) is 1. The van der Waals surface area contributed by atoms with Crippen molar-refractivity contribution in [2.75, 3.05) is 6.54 Å². The van der Waals surface area contributed by atoms with Gasteiger partial charge in [-0.3, -0.25) is 0 Å². The average Bonchev–Trinajstić information content (AvgIpc) is 3.01. The molecule has 5 fully saturated rings. The monoisotopic (exact) mass is 426 g/mol. The SMILES string of the molecule is C1=CC2=CCC3=C4C(CCC3CC35CC6CC(CC(C6)C3)C5)C3=CNCC=C3N4C2CC1. The molecule has 168 valence electrons.